The Labute approximate surface area is 148 Å². The van der Waals surface area contributed by atoms with Crippen LogP contribution in [0.4, 0.5) is 0 Å². The van der Waals surface area contributed by atoms with E-state index in [0.717, 1.165) is 0 Å². The molecule has 1 aromatic heterocycles. The topological polar surface area (TPSA) is 76.2 Å². The second-order valence-electron chi connectivity index (χ2n) is 5.52. The smallest absolute Gasteiger partial charge is 0.355 e. The highest BCUT2D eigenvalue weighted by Gasteiger charge is 2.21. The number of rotatable bonds is 4. The lowest BCUT2D eigenvalue weighted by molar-refractivity contribution is 0.0313. The van der Waals surface area contributed by atoms with Crippen LogP contribution in [0.1, 0.15) is 27.8 Å². The summed E-state index contributed by atoms with van der Waals surface area (Å²) in [5.41, 5.74) is -0.00195. The van der Waals surface area contributed by atoms with Crippen molar-refractivity contribution in [2.75, 3.05) is 0 Å². The Morgan fingerprint density at radius 1 is 1.08 bits per heavy atom. The maximum atomic E-state index is 12.3. The van der Waals surface area contributed by atoms with E-state index in [2.05, 4.69) is 4.98 Å². The van der Waals surface area contributed by atoms with Crippen LogP contribution in [0.25, 0.3) is 10.8 Å². The molecule has 0 saturated heterocycles. The van der Waals surface area contributed by atoms with Gasteiger partial charge in [-0.3, -0.25) is 9.59 Å². The summed E-state index contributed by atoms with van der Waals surface area (Å²) in [5, 5.41) is 1.61. The molecule has 0 spiro atoms. The third kappa shape index (κ3) is 3.61. The van der Waals surface area contributed by atoms with Gasteiger partial charge in [0.2, 0.25) is 5.78 Å². The molecule has 0 fully saturated rings. The number of pyridine rings is 1. The monoisotopic (exact) mass is 355 g/mol. The van der Waals surface area contributed by atoms with E-state index in [4.69, 9.17) is 16.3 Å². The minimum Gasteiger partial charge on any atom is -0.450 e. The molecule has 0 aliphatic carbocycles. The number of carbonyl (C=O) groups excluding carboxylic acids is 2. The van der Waals surface area contributed by atoms with Gasteiger partial charge in [-0.15, -0.1) is 0 Å². The lowest BCUT2D eigenvalue weighted by atomic mass is 10.1. The first-order valence-electron chi connectivity index (χ1n) is 7.58. The molecule has 1 N–H and O–H groups in total. The summed E-state index contributed by atoms with van der Waals surface area (Å²) < 4.78 is 5.20. The normalized spacial score (nSPS) is 11.9. The summed E-state index contributed by atoms with van der Waals surface area (Å²) in [7, 11) is 0. The van der Waals surface area contributed by atoms with E-state index in [0.29, 0.717) is 21.4 Å². The van der Waals surface area contributed by atoms with Gasteiger partial charge in [-0.05, 0) is 48.7 Å². The first-order chi connectivity index (χ1) is 12.0. The van der Waals surface area contributed by atoms with Crippen molar-refractivity contribution in [3.63, 3.8) is 0 Å². The zero-order valence-electron chi connectivity index (χ0n) is 13.3. The molecule has 0 amide bonds. The summed E-state index contributed by atoms with van der Waals surface area (Å²) in [6, 6.07) is 14.7. The number of fused-ring (bicyclic) bond motifs is 1. The molecule has 3 rings (SSSR count). The number of carbonyl (C=O) groups is 2. The number of benzene rings is 2. The fourth-order valence-corrected chi connectivity index (χ4v) is 2.57. The van der Waals surface area contributed by atoms with E-state index < -0.39 is 12.1 Å². The van der Waals surface area contributed by atoms with Gasteiger partial charge >= 0.3 is 5.97 Å². The molecule has 0 bridgehead atoms. The van der Waals surface area contributed by atoms with Crippen LogP contribution in [0.2, 0.25) is 5.02 Å². The van der Waals surface area contributed by atoms with Crippen molar-refractivity contribution in [2.24, 2.45) is 0 Å². The zero-order chi connectivity index (χ0) is 18.0. The zero-order valence-corrected chi connectivity index (χ0v) is 14.0. The van der Waals surface area contributed by atoms with E-state index in [-0.39, 0.29) is 17.0 Å². The van der Waals surface area contributed by atoms with Crippen LogP contribution < -0.4 is 5.56 Å². The minimum absolute atomic E-state index is 0.000504. The summed E-state index contributed by atoms with van der Waals surface area (Å²) in [5.74, 6) is -1.12. The Kier molecular flexibility index (Phi) is 4.67. The number of aromatic nitrogens is 1. The van der Waals surface area contributed by atoms with Crippen LogP contribution in [-0.4, -0.2) is 22.8 Å². The van der Waals surface area contributed by atoms with Crippen molar-refractivity contribution >= 4 is 34.1 Å². The minimum atomic E-state index is -0.997. The second-order valence-corrected chi connectivity index (χ2v) is 5.95. The van der Waals surface area contributed by atoms with Crippen LogP contribution >= 0.6 is 11.6 Å². The van der Waals surface area contributed by atoms with Gasteiger partial charge in [0.25, 0.3) is 5.56 Å². The van der Waals surface area contributed by atoms with Crippen LogP contribution in [0.5, 0.6) is 0 Å². The Morgan fingerprint density at radius 3 is 2.48 bits per heavy atom. The van der Waals surface area contributed by atoms with Crippen LogP contribution in [-0.2, 0) is 4.74 Å². The standard InChI is InChI=1S/C19H14ClNO4/c1-11(17(22)12-6-8-14(20)9-7-12)25-19(24)16-10-13-4-2-3-5-15(13)18(23)21-16/h2-11H,1H3,(H,21,23)/t11-/m0/s1. The van der Waals surface area contributed by atoms with Crippen molar-refractivity contribution in [3.8, 4) is 0 Å². The molecular formula is C19H14ClNO4. The highest BCUT2D eigenvalue weighted by Crippen LogP contribution is 2.14. The molecule has 3 aromatic rings. The van der Waals surface area contributed by atoms with Crippen LogP contribution in [0.15, 0.2) is 59.4 Å². The number of esters is 1. The lowest BCUT2D eigenvalue weighted by Crippen LogP contribution is -2.26. The van der Waals surface area contributed by atoms with Crippen LogP contribution in [0.3, 0.4) is 0 Å². The summed E-state index contributed by atoms with van der Waals surface area (Å²) in [6.45, 7) is 1.48. The Hall–Kier alpha value is -2.92. The molecule has 1 atom stereocenters. The first kappa shape index (κ1) is 16.9. The van der Waals surface area contributed by atoms with Crippen molar-refractivity contribution < 1.29 is 14.3 Å². The number of halogens is 1. The van der Waals surface area contributed by atoms with Gasteiger partial charge in [-0.1, -0.05) is 29.8 Å². The molecule has 25 heavy (non-hydrogen) atoms. The van der Waals surface area contributed by atoms with Crippen molar-refractivity contribution in [1.82, 2.24) is 4.98 Å². The number of aromatic amines is 1. The van der Waals surface area contributed by atoms with Gasteiger partial charge in [-0.2, -0.15) is 0 Å². The fraction of sp³-hybridized carbons (Fsp3) is 0.105. The van der Waals surface area contributed by atoms with E-state index >= 15 is 0 Å². The average molecular weight is 356 g/mol. The summed E-state index contributed by atoms with van der Waals surface area (Å²) >= 11 is 5.79. The summed E-state index contributed by atoms with van der Waals surface area (Å²) in [6.07, 6.45) is -0.997. The Bertz CT molecular complexity index is 1010. The molecule has 0 aliphatic heterocycles. The third-order valence-corrected chi connectivity index (χ3v) is 4.01. The van der Waals surface area contributed by atoms with Crippen LogP contribution in [0, 0.1) is 0 Å². The van der Waals surface area contributed by atoms with Gasteiger partial charge < -0.3 is 9.72 Å². The molecule has 0 aliphatic rings. The van der Waals surface area contributed by atoms with Crippen molar-refractivity contribution in [3.05, 3.63) is 81.2 Å². The highest BCUT2D eigenvalue weighted by atomic mass is 35.5. The molecule has 0 unspecified atom stereocenters. The molecular weight excluding hydrogens is 342 g/mol. The Morgan fingerprint density at radius 2 is 1.76 bits per heavy atom. The van der Waals surface area contributed by atoms with E-state index in [1.54, 1.807) is 48.5 Å². The molecule has 0 radical (unpaired) electrons. The molecule has 1 heterocycles. The second kappa shape index (κ2) is 6.91. The number of nitrogens with one attached hydrogen (secondary N) is 1. The maximum absolute atomic E-state index is 12.3. The predicted molar refractivity (Wildman–Crippen MR) is 95.2 cm³/mol. The number of ether oxygens (including phenoxy) is 1. The molecule has 2 aromatic carbocycles. The summed E-state index contributed by atoms with van der Waals surface area (Å²) in [4.78, 5) is 39.1. The lowest BCUT2D eigenvalue weighted by Gasteiger charge is -2.12. The van der Waals surface area contributed by atoms with Crippen molar-refractivity contribution in [2.45, 2.75) is 13.0 Å². The van der Waals surface area contributed by atoms with Gasteiger partial charge in [0.1, 0.15) is 5.69 Å². The van der Waals surface area contributed by atoms with Crippen molar-refractivity contribution in [1.29, 1.82) is 0 Å². The predicted octanol–water partition coefficient (Wildman–Crippen LogP) is 3.61. The van der Waals surface area contributed by atoms with Gasteiger partial charge in [0.15, 0.2) is 6.10 Å². The van der Waals surface area contributed by atoms with Gasteiger partial charge in [-0.25, -0.2) is 4.79 Å². The average Bonchev–Trinajstić information content (AvgIpc) is 2.61. The van der Waals surface area contributed by atoms with Gasteiger partial charge in [0, 0.05) is 16.0 Å². The Balaban J connectivity index is 1.81. The number of ketones is 1. The molecule has 6 heteroatoms. The van der Waals surface area contributed by atoms with E-state index in [9.17, 15) is 14.4 Å². The third-order valence-electron chi connectivity index (χ3n) is 3.76. The molecule has 0 saturated carbocycles. The SMILES string of the molecule is C[C@H](OC(=O)c1cc2ccccc2c(=O)[nH]1)C(=O)c1ccc(Cl)cc1. The first-order valence-corrected chi connectivity index (χ1v) is 7.96. The molecule has 5 nitrogen and oxygen atoms in total. The highest BCUT2D eigenvalue weighted by molar-refractivity contribution is 6.30. The number of hydrogen-bond donors (Lipinski definition) is 1. The fourth-order valence-electron chi connectivity index (χ4n) is 2.45. The molecule has 126 valence electrons. The quantitative estimate of drug-likeness (QED) is 0.573. The number of hydrogen-bond acceptors (Lipinski definition) is 4. The van der Waals surface area contributed by atoms with Gasteiger partial charge in [0.05, 0.1) is 0 Å². The number of H-pyrrole nitrogens is 1. The maximum Gasteiger partial charge on any atom is 0.355 e. The number of Topliss-reactive ketones (excluding diaryl/α,β-unsaturated/α-hetero) is 1. The van der Waals surface area contributed by atoms with E-state index in [1.807, 2.05) is 0 Å². The largest absolute Gasteiger partial charge is 0.450 e. The van der Waals surface area contributed by atoms with E-state index in [1.165, 1.54) is 13.0 Å².